The van der Waals surface area contributed by atoms with Crippen molar-refractivity contribution in [1.82, 2.24) is 4.90 Å². The predicted molar refractivity (Wildman–Crippen MR) is 104 cm³/mol. The maximum absolute atomic E-state index is 12.5. The molecule has 2 heterocycles. The van der Waals surface area contributed by atoms with Crippen molar-refractivity contribution in [3.8, 4) is 11.8 Å². The van der Waals surface area contributed by atoms with E-state index in [0.29, 0.717) is 10.6 Å². The summed E-state index contributed by atoms with van der Waals surface area (Å²) in [6, 6.07) is 11.6. The van der Waals surface area contributed by atoms with E-state index in [0.717, 1.165) is 37.6 Å². The largest absolute Gasteiger partial charge is 0.495 e. The van der Waals surface area contributed by atoms with Crippen molar-refractivity contribution in [3.63, 3.8) is 0 Å². The molecule has 6 nitrogen and oxygen atoms in total. The fraction of sp³-hybridized carbons (Fsp3) is 0.368. The lowest BCUT2D eigenvalue weighted by atomic mass is 10.2. The standard InChI is InChI=1S/C19H22N4O2S/c1-14(18(24)21-19-15(13-20)7-12-26-19)22-8-10-23(11-9-22)16-5-3-4-6-17(16)25-2/h3-7,12,14H,8-11H2,1-2H3,(H,21,24)/t14-/m0/s1. The summed E-state index contributed by atoms with van der Waals surface area (Å²) >= 11 is 1.37. The Bertz CT molecular complexity index is 806. The highest BCUT2D eigenvalue weighted by Crippen LogP contribution is 2.29. The number of rotatable bonds is 5. The Balaban J connectivity index is 1.59. The number of nitrogens with zero attached hydrogens (tertiary/aromatic N) is 3. The van der Waals surface area contributed by atoms with Crippen LogP contribution in [0.4, 0.5) is 10.7 Å². The average molecular weight is 370 g/mol. The topological polar surface area (TPSA) is 68.6 Å². The molecule has 0 unspecified atom stereocenters. The molecule has 2 aromatic rings. The minimum absolute atomic E-state index is 0.0744. The van der Waals surface area contributed by atoms with Gasteiger partial charge in [-0.15, -0.1) is 11.3 Å². The summed E-state index contributed by atoms with van der Waals surface area (Å²) in [5, 5.41) is 14.4. The second kappa shape index (κ2) is 8.21. The van der Waals surface area contributed by atoms with Crippen LogP contribution in [0.2, 0.25) is 0 Å². The molecule has 7 heteroatoms. The van der Waals surface area contributed by atoms with E-state index in [1.807, 2.05) is 30.5 Å². The zero-order valence-electron chi connectivity index (χ0n) is 14.9. The molecule has 136 valence electrons. The van der Waals surface area contributed by atoms with Gasteiger partial charge in [-0.1, -0.05) is 12.1 Å². The van der Waals surface area contributed by atoms with Crippen LogP contribution < -0.4 is 15.0 Å². The molecule has 1 aliphatic rings. The van der Waals surface area contributed by atoms with Crippen LogP contribution in [0, 0.1) is 11.3 Å². The lowest BCUT2D eigenvalue weighted by Gasteiger charge is -2.38. The van der Waals surface area contributed by atoms with E-state index in [-0.39, 0.29) is 11.9 Å². The minimum atomic E-state index is -0.247. The molecular formula is C19H22N4O2S. The van der Waals surface area contributed by atoms with Gasteiger partial charge in [0.2, 0.25) is 5.91 Å². The van der Waals surface area contributed by atoms with Crippen LogP contribution >= 0.6 is 11.3 Å². The summed E-state index contributed by atoms with van der Waals surface area (Å²) in [7, 11) is 1.68. The van der Waals surface area contributed by atoms with Crippen molar-refractivity contribution >= 4 is 27.9 Å². The van der Waals surface area contributed by atoms with Gasteiger partial charge in [0.05, 0.1) is 24.4 Å². The molecule has 1 aliphatic heterocycles. The normalized spacial score (nSPS) is 16.0. The van der Waals surface area contributed by atoms with Crippen LogP contribution in [0.15, 0.2) is 35.7 Å². The molecule has 1 aromatic heterocycles. The second-order valence-corrected chi connectivity index (χ2v) is 7.05. The third-order valence-electron chi connectivity index (χ3n) is 4.69. The monoisotopic (exact) mass is 370 g/mol. The number of carbonyl (C=O) groups is 1. The van der Waals surface area contributed by atoms with Crippen LogP contribution in [0.5, 0.6) is 5.75 Å². The van der Waals surface area contributed by atoms with E-state index in [1.54, 1.807) is 13.2 Å². The van der Waals surface area contributed by atoms with E-state index in [2.05, 4.69) is 27.3 Å². The molecule has 0 saturated carbocycles. The summed E-state index contributed by atoms with van der Waals surface area (Å²) in [5.74, 6) is 0.795. The maximum Gasteiger partial charge on any atom is 0.242 e. The van der Waals surface area contributed by atoms with Crippen LogP contribution in [-0.4, -0.2) is 50.1 Å². The maximum atomic E-state index is 12.5. The summed E-state index contributed by atoms with van der Waals surface area (Å²) in [6.07, 6.45) is 0. The van der Waals surface area contributed by atoms with Crippen LogP contribution in [0.25, 0.3) is 0 Å². The molecule has 1 atom stereocenters. The number of hydrogen-bond acceptors (Lipinski definition) is 6. The summed E-state index contributed by atoms with van der Waals surface area (Å²) < 4.78 is 5.45. The number of nitrogens with one attached hydrogen (secondary N) is 1. The van der Waals surface area contributed by atoms with Gasteiger partial charge < -0.3 is 15.0 Å². The van der Waals surface area contributed by atoms with E-state index >= 15 is 0 Å². The van der Waals surface area contributed by atoms with Crippen LogP contribution in [0.1, 0.15) is 12.5 Å². The number of hydrogen-bond donors (Lipinski definition) is 1. The third kappa shape index (κ3) is 3.82. The Labute approximate surface area is 157 Å². The number of thiophene rings is 1. The second-order valence-electron chi connectivity index (χ2n) is 6.14. The minimum Gasteiger partial charge on any atom is -0.495 e. The van der Waals surface area contributed by atoms with E-state index in [1.165, 1.54) is 11.3 Å². The Morgan fingerprint density at radius 1 is 1.27 bits per heavy atom. The number of anilines is 2. The van der Waals surface area contributed by atoms with Gasteiger partial charge in [0.15, 0.2) is 0 Å². The van der Waals surface area contributed by atoms with Gasteiger partial charge in [0.25, 0.3) is 0 Å². The van der Waals surface area contributed by atoms with Crippen molar-refractivity contribution in [3.05, 3.63) is 41.3 Å². The van der Waals surface area contributed by atoms with Crippen LogP contribution in [0.3, 0.4) is 0 Å². The molecule has 0 bridgehead atoms. The zero-order valence-corrected chi connectivity index (χ0v) is 15.8. The van der Waals surface area contributed by atoms with E-state index < -0.39 is 0 Å². The molecule has 0 radical (unpaired) electrons. The molecule has 0 spiro atoms. The smallest absolute Gasteiger partial charge is 0.242 e. The first-order chi connectivity index (χ1) is 12.6. The SMILES string of the molecule is COc1ccccc1N1CCN([C@@H](C)C(=O)Nc2sccc2C#N)CC1. The number of ether oxygens (including phenoxy) is 1. The summed E-state index contributed by atoms with van der Waals surface area (Å²) in [6.45, 7) is 5.17. The Hall–Kier alpha value is -2.56. The molecule has 1 amide bonds. The van der Waals surface area contributed by atoms with Crippen molar-refractivity contribution in [2.45, 2.75) is 13.0 Å². The lowest BCUT2D eigenvalue weighted by molar-refractivity contribution is -0.120. The Morgan fingerprint density at radius 2 is 2.00 bits per heavy atom. The van der Waals surface area contributed by atoms with Crippen molar-refractivity contribution in [1.29, 1.82) is 5.26 Å². The van der Waals surface area contributed by atoms with E-state index in [9.17, 15) is 4.79 Å². The first-order valence-electron chi connectivity index (χ1n) is 8.54. The highest BCUT2D eigenvalue weighted by Gasteiger charge is 2.27. The number of piperazine rings is 1. The molecule has 1 saturated heterocycles. The fourth-order valence-corrected chi connectivity index (χ4v) is 3.86. The number of methoxy groups -OCH3 is 1. The average Bonchev–Trinajstić information content (AvgIpc) is 3.14. The number of carbonyl (C=O) groups excluding carboxylic acids is 1. The van der Waals surface area contributed by atoms with Crippen LogP contribution in [-0.2, 0) is 4.79 Å². The van der Waals surface area contributed by atoms with Gasteiger partial charge in [-0.3, -0.25) is 9.69 Å². The van der Waals surface area contributed by atoms with Crippen molar-refractivity contribution in [2.24, 2.45) is 0 Å². The fourth-order valence-electron chi connectivity index (χ4n) is 3.12. The zero-order chi connectivity index (χ0) is 18.5. The van der Waals surface area contributed by atoms with Gasteiger partial charge in [0.1, 0.15) is 16.8 Å². The number of amides is 1. The number of para-hydroxylation sites is 2. The highest BCUT2D eigenvalue weighted by atomic mass is 32.1. The van der Waals surface area contributed by atoms with Crippen molar-refractivity contribution < 1.29 is 9.53 Å². The summed E-state index contributed by atoms with van der Waals surface area (Å²) in [4.78, 5) is 17.0. The molecule has 3 rings (SSSR count). The first-order valence-corrected chi connectivity index (χ1v) is 9.42. The molecule has 0 aliphatic carbocycles. The predicted octanol–water partition coefficient (Wildman–Crippen LogP) is 2.78. The van der Waals surface area contributed by atoms with Crippen molar-refractivity contribution in [2.75, 3.05) is 43.5 Å². The Morgan fingerprint density at radius 3 is 2.69 bits per heavy atom. The Kier molecular flexibility index (Phi) is 5.76. The highest BCUT2D eigenvalue weighted by molar-refractivity contribution is 7.14. The van der Waals surface area contributed by atoms with Gasteiger partial charge in [-0.2, -0.15) is 5.26 Å². The first kappa shape index (κ1) is 18.2. The number of benzene rings is 1. The van der Waals surface area contributed by atoms with Gasteiger partial charge in [0, 0.05) is 26.2 Å². The summed E-state index contributed by atoms with van der Waals surface area (Å²) in [5.41, 5.74) is 1.60. The van der Waals surface area contributed by atoms with Gasteiger partial charge in [-0.25, -0.2) is 0 Å². The molecule has 26 heavy (non-hydrogen) atoms. The molecular weight excluding hydrogens is 348 g/mol. The lowest BCUT2D eigenvalue weighted by Crippen LogP contribution is -2.52. The quantitative estimate of drug-likeness (QED) is 0.876. The third-order valence-corrected chi connectivity index (χ3v) is 5.52. The number of nitriles is 1. The van der Waals surface area contributed by atoms with Gasteiger partial charge >= 0.3 is 0 Å². The van der Waals surface area contributed by atoms with Gasteiger partial charge in [-0.05, 0) is 30.5 Å². The molecule has 1 aromatic carbocycles. The molecule has 1 N–H and O–H groups in total. The molecule has 1 fully saturated rings. The van der Waals surface area contributed by atoms with E-state index in [4.69, 9.17) is 10.00 Å².